The molecular weight excluding hydrogens is 378 g/mol. The Labute approximate surface area is 171 Å². The van der Waals surface area contributed by atoms with Crippen molar-refractivity contribution in [2.24, 2.45) is 0 Å². The average Bonchev–Trinajstić information content (AvgIpc) is 3.38. The van der Waals surface area contributed by atoms with Crippen LogP contribution in [-0.2, 0) is 0 Å². The summed E-state index contributed by atoms with van der Waals surface area (Å²) in [5, 5.41) is 1.89. The molecular formula is C24H17N3O3. The molecule has 2 aromatic carbocycles. The Morgan fingerprint density at radius 1 is 1.03 bits per heavy atom. The lowest BCUT2D eigenvalue weighted by Crippen LogP contribution is -2.49. The fourth-order valence-electron chi connectivity index (χ4n) is 4.34. The molecule has 6 heteroatoms. The zero-order valence-corrected chi connectivity index (χ0v) is 16.4. The van der Waals surface area contributed by atoms with E-state index >= 15 is 0 Å². The van der Waals surface area contributed by atoms with Crippen LogP contribution < -0.4 is 0 Å². The maximum Gasteiger partial charge on any atom is 0.271 e. The molecule has 1 aromatic heterocycles. The van der Waals surface area contributed by atoms with Crippen molar-refractivity contribution in [3.8, 4) is 22.5 Å². The summed E-state index contributed by atoms with van der Waals surface area (Å²) in [7, 11) is 1.66. The zero-order chi connectivity index (χ0) is 20.6. The number of para-hydroxylation sites is 1. The van der Waals surface area contributed by atoms with Gasteiger partial charge in [0.05, 0.1) is 23.2 Å². The number of hydrogen-bond donors (Lipinski definition) is 0. The Morgan fingerprint density at radius 2 is 1.87 bits per heavy atom. The number of pyridine rings is 1. The maximum atomic E-state index is 13.4. The van der Waals surface area contributed by atoms with Gasteiger partial charge in [-0.3, -0.25) is 14.2 Å². The summed E-state index contributed by atoms with van der Waals surface area (Å²) in [4.78, 5) is 32.8. The van der Waals surface area contributed by atoms with E-state index in [1.165, 1.54) is 4.90 Å². The van der Waals surface area contributed by atoms with Crippen molar-refractivity contribution in [3.63, 3.8) is 0 Å². The first-order valence-corrected chi connectivity index (χ1v) is 9.78. The minimum Gasteiger partial charge on any atom is -0.464 e. The predicted molar refractivity (Wildman–Crippen MR) is 114 cm³/mol. The third-order valence-corrected chi connectivity index (χ3v) is 6.08. The number of fused-ring (bicyclic) bond motifs is 5. The normalized spacial score (nSPS) is 16.7. The van der Waals surface area contributed by atoms with Gasteiger partial charge in [0.2, 0.25) is 0 Å². The molecule has 0 aliphatic carbocycles. The molecule has 30 heavy (non-hydrogen) atoms. The lowest BCUT2D eigenvalue weighted by molar-refractivity contribution is 0.0570. The van der Waals surface area contributed by atoms with Crippen LogP contribution in [0.1, 0.15) is 22.2 Å². The topological polar surface area (TPSA) is 68.3 Å². The van der Waals surface area contributed by atoms with Crippen molar-refractivity contribution in [1.29, 1.82) is 0 Å². The van der Waals surface area contributed by atoms with Crippen molar-refractivity contribution in [2.75, 3.05) is 7.05 Å². The van der Waals surface area contributed by atoms with E-state index in [0.29, 0.717) is 17.1 Å². The van der Waals surface area contributed by atoms with Crippen molar-refractivity contribution >= 4 is 33.7 Å². The molecule has 4 heterocycles. The Balaban J connectivity index is 1.79. The fourth-order valence-corrected chi connectivity index (χ4v) is 4.34. The monoisotopic (exact) mass is 395 g/mol. The molecule has 1 atom stereocenters. The maximum absolute atomic E-state index is 13.4. The lowest BCUT2D eigenvalue weighted by atomic mass is 9.97. The summed E-state index contributed by atoms with van der Waals surface area (Å²) in [6, 6.07) is 16.7. The molecule has 0 saturated carbocycles. The highest BCUT2D eigenvalue weighted by Gasteiger charge is 2.37. The molecule has 0 N–H and O–H groups in total. The summed E-state index contributed by atoms with van der Waals surface area (Å²) >= 11 is 0. The number of amides is 1. The number of aromatic nitrogens is 2. The van der Waals surface area contributed by atoms with Gasteiger partial charge in [0.1, 0.15) is 17.3 Å². The highest BCUT2D eigenvalue weighted by Crippen LogP contribution is 2.41. The molecule has 146 valence electrons. The second kappa shape index (κ2) is 5.79. The van der Waals surface area contributed by atoms with E-state index < -0.39 is 6.04 Å². The third kappa shape index (κ3) is 2.10. The molecule has 6 nitrogen and oxygen atoms in total. The minimum absolute atomic E-state index is 0.150. The van der Waals surface area contributed by atoms with Gasteiger partial charge < -0.3 is 9.32 Å². The van der Waals surface area contributed by atoms with Crippen LogP contribution in [0.3, 0.4) is 0 Å². The van der Waals surface area contributed by atoms with Crippen molar-refractivity contribution in [1.82, 2.24) is 14.5 Å². The largest absolute Gasteiger partial charge is 0.464 e. The van der Waals surface area contributed by atoms with Crippen LogP contribution in [0, 0.1) is 0 Å². The van der Waals surface area contributed by atoms with Gasteiger partial charge in [-0.1, -0.05) is 18.2 Å². The number of carbonyl (C=O) groups excluding carboxylic acids is 2. The molecule has 0 spiro atoms. The van der Waals surface area contributed by atoms with E-state index in [4.69, 9.17) is 9.40 Å². The summed E-state index contributed by atoms with van der Waals surface area (Å²) in [5.41, 5.74) is 4.98. The van der Waals surface area contributed by atoms with Crippen molar-refractivity contribution in [2.45, 2.75) is 13.0 Å². The van der Waals surface area contributed by atoms with Crippen LogP contribution in [-0.4, -0.2) is 39.4 Å². The van der Waals surface area contributed by atoms with Crippen molar-refractivity contribution in [3.05, 3.63) is 66.6 Å². The number of rotatable bonds is 1. The van der Waals surface area contributed by atoms with E-state index in [0.717, 1.165) is 33.0 Å². The van der Waals surface area contributed by atoms with Gasteiger partial charge in [-0.2, -0.15) is 0 Å². The molecule has 0 radical (unpaired) electrons. The number of furan rings is 1. The van der Waals surface area contributed by atoms with Gasteiger partial charge >= 0.3 is 0 Å². The molecule has 3 aliphatic heterocycles. The lowest BCUT2D eigenvalue weighted by Gasteiger charge is -2.33. The first-order chi connectivity index (χ1) is 14.5. The van der Waals surface area contributed by atoms with Gasteiger partial charge in [0, 0.05) is 28.9 Å². The highest BCUT2D eigenvalue weighted by atomic mass is 16.3. The second-order valence-corrected chi connectivity index (χ2v) is 7.71. The number of benzene rings is 2. The first-order valence-electron chi connectivity index (χ1n) is 9.78. The fraction of sp³-hybridized carbons (Fsp3) is 0.125. The van der Waals surface area contributed by atoms with Gasteiger partial charge in [0.25, 0.3) is 11.8 Å². The van der Waals surface area contributed by atoms with Gasteiger partial charge in [0.15, 0.2) is 0 Å². The van der Waals surface area contributed by atoms with Crippen LogP contribution in [0.15, 0.2) is 65.3 Å². The number of carbonyl (C=O) groups is 2. The van der Waals surface area contributed by atoms with Crippen LogP contribution in [0.5, 0.6) is 0 Å². The van der Waals surface area contributed by atoms with Crippen LogP contribution in [0.2, 0.25) is 0 Å². The molecule has 1 unspecified atom stereocenters. The summed E-state index contributed by atoms with van der Waals surface area (Å²) in [6.07, 6.45) is 1.64. The second-order valence-electron chi connectivity index (χ2n) is 7.71. The molecule has 1 amide bonds. The molecule has 0 saturated heterocycles. The van der Waals surface area contributed by atoms with E-state index in [-0.39, 0.29) is 11.8 Å². The zero-order valence-electron chi connectivity index (χ0n) is 16.4. The minimum atomic E-state index is -0.562. The summed E-state index contributed by atoms with van der Waals surface area (Å²) in [6.45, 7) is 1.75. The Bertz CT molecular complexity index is 1480. The number of likely N-dealkylation sites (N-methyl/N-ethyl adjacent to an activating group) is 1. The van der Waals surface area contributed by atoms with E-state index in [2.05, 4.69) is 0 Å². The van der Waals surface area contributed by atoms with Gasteiger partial charge in [-0.25, -0.2) is 4.98 Å². The van der Waals surface area contributed by atoms with Crippen LogP contribution >= 0.6 is 0 Å². The molecule has 3 aromatic rings. The highest BCUT2D eigenvalue weighted by molar-refractivity contribution is 6.11. The third-order valence-electron chi connectivity index (χ3n) is 6.08. The quantitative estimate of drug-likeness (QED) is 0.414. The molecule has 0 bridgehead atoms. The molecule has 6 rings (SSSR count). The molecule has 0 fully saturated rings. The first kappa shape index (κ1) is 17.0. The standard InChI is InChI=1S/C24H17N3O3/c1-13-23(28)27-19(24(29)26(13)2)12-17-16-5-3-4-6-18(16)25-21(17)22(27)15-7-8-20-14(11-15)9-10-30-20/h3-13H,1-2H3. The molecule has 3 aliphatic rings. The van der Waals surface area contributed by atoms with E-state index in [9.17, 15) is 9.59 Å². The number of hydrogen-bond acceptors (Lipinski definition) is 4. The van der Waals surface area contributed by atoms with Gasteiger partial charge in [-0.05, 0) is 43.3 Å². The summed E-state index contributed by atoms with van der Waals surface area (Å²) in [5.74, 6) is -0.330. The van der Waals surface area contributed by atoms with Crippen LogP contribution in [0.4, 0.5) is 0 Å². The Hall–Kier alpha value is -3.93. The Morgan fingerprint density at radius 3 is 2.73 bits per heavy atom. The van der Waals surface area contributed by atoms with Crippen molar-refractivity contribution < 1.29 is 14.0 Å². The summed E-state index contributed by atoms with van der Waals surface area (Å²) < 4.78 is 7.02. The van der Waals surface area contributed by atoms with Gasteiger partial charge in [-0.15, -0.1) is 0 Å². The van der Waals surface area contributed by atoms with E-state index in [1.54, 1.807) is 30.9 Å². The smallest absolute Gasteiger partial charge is 0.271 e. The Kier molecular flexibility index (Phi) is 3.28. The predicted octanol–water partition coefficient (Wildman–Crippen LogP) is 4.67. The van der Waals surface area contributed by atoms with E-state index in [1.807, 2.05) is 48.5 Å². The van der Waals surface area contributed by atoms with Crippen LogP contribution in [0.25, 0.3) is 44.4 Å². The SMILES string of the molecule is CC1C(=O)n2c(cc3c4ccccc4nc-3c2-c2ccc3occc3c2)C(=O)N1C. The average molecular weight is 395 g/mol. The number of nitrogens with zero attached hydrogens (tertiary/aromatic N) is 3.